The molecule has 2 unspecified atom stereocenters. The number of hydrogen-bond donors (Lipinski definition) is 2. The number of hydrogen-bond acceptors (Lipinski definition) is 3. The van der Waals surface area contributed by atoms with Crippen molar-refractivity contribution in [2.24, 2.45) is 5.41 Å². The van der Waals surface area contributed by atoms with Crippen molar-refractivity contribution in [1.29, 1.82) is 0 Å². The molecule has 2 heterocycles. The van der Waals surface area contributed by atoms with Gasteiger partial charge in [0, 0.05) is 25.6 Å². The molecule has 0 aromatic rings. The zero-order chi connectivity index (χ0) is 13.9. The quantitative estimate of drug-likeness (QED) is 0.804. The van der Waals surface area contributed by atoms with Gasteiger partial charge in [-0.05, 0) is 39.2 Å². The Hall–Kier alpha value is -1.10. The van der Waals surface area contributed by atoms with Crippen LogP contribution in [0.25, 0.3) is 0 Å². The smallest absolute Gasteiger partial charge is 0.311 e. The van der Waals surface area contributed by atoms with Gasteiger partial charge in [-0.25, -0.2) is 0 Å². The summed E-state index contributed by atoms with van der Waals surface area (Å²) in [7, 11) is 0. The normalized spacial score (nSPS) is 31.4. The minimum Gasteiger partial charge on any atom is -0.481 e. The SMILES string of the molecule is CC1(C(=O)O)CCN(C(=O)CCC2CCCCN2)C1. The molecule has 0 saturated carbocycles. The molecule has 0 aromatic heterocycles. The second kappa shape index (κ2) is 5.90. The van der Waals surface area contributed by atoms with Crippen molar-refractivity contribution in [3.05, 3.63) is 0 Å². The number of nitrogens with zero attached hydrogens (tertiary/aromatic N) is 1. The van der Waals surface area contributed by atoms with E-state index < -0.39 is 11.4 Å². The van der Waals surface area contributed by atoms with Crippen LogP contribution >= 0.6 is 0 Å². The van der Waals surface area contributed by atoms with Crippen molar-refractivity contribution in [2.75, 3.05) is 19.6 Å². The lowest BCUT2D eigenvalue weighted by Gasteiger charge is -2.24. The van der Waals surface area contributed by atoms with Crippen LogP contribution in [0, 0.1) is 5.41 Å². The Kier molecular flexibility index (Phi) is 4.45. The van der Waals surface area contributed by atoms with Crippen molar-refractivity contribution in [2.45, 2.75) is 51.5 Å². The first-order chi connectivity index (χ1) is 9.01. The van der Waals surface area contributed by atoms with E-state index in [4.69, 9.17) is 5.11 Å². The first-order valence-electron chi connectivity index (χ1n) is 7.26. The predicted octanol–water partition coefficient (Wildman–Crippen LogP) is 1.23. The van der Waals surface area contributed by atoms with E-state index >= 15 is 0 Å². The highest BCUT2D eigenvalue weighted by atomic mass is 16.4. The fourth-order valence-corrected chi connectivity index (χ4v) is 2.97. The van der Waals surface area contributed by atoms with Crippen LogP contribution in [0.15, 0.2) is 0 Å². The number of carbonyl (C=O) groups is 2. The minimum absolute atomic E-state index is 0.109. The summed E-state index contributed by atoms with van der Waals surface area (Å²) in [4.78, 5) is 25.0. The van der Waals surface area contributed by atoms with Crippen molar-refractivity contribution < 1.29 is 14.7 Å². The maximum absolute atomic E-state index is 12.1. The van der Waals surface area contributed by atoms with Crippen molar-refractivity contribution in [1.82, 2.24) is 10.2 Å². The van der Waals surface area contributed by atoms with E-state index in [9.17, 15) is 9.59 Å². The molecule has 108 valence electrons. The highest BCUT2D eigenvalue weighted by Gasteiger charge is 2.41. The number of amides is 1. The Morgan fingerprint density at radius 1 is 1.42 bits per heavy atom. The maximum atomic E-state index is 12.1. The molecule has 19 heavy (non-hydrogen) atoms. The first-order valence-corrected chi connectivity index (χ1v) is 7.26. The van der Waals surface area contributed by atoms with Crippen LogP contribution in [-0.2, 0) is 9.59 Å². The average molecular weight is 268 g/mol. The number of aliphatic carboxylic acids is 1. The Morgan fingerprint density at radius 2 is 2.21 bits per heavy atom. The second-order valence-corrected chi connectivity index (χ2v) is 6.12. The van der Waals surface area contributed by atoms with Crippen LogP contribution in [0.5, 0.6) is 0 Å². The Morgan fingerprint density at radius 3 is 2.79 bits per heavy atom. The van der Waals surface area contributed by atoms with E-state index in [0.717, 1.165) is 19.4 Å². The van der Waals surface area contributed by atoms with Crippen LogP contribution in [0.4, 0.5) is 0 Å². The molecule has 0 bridgehead atoms. The van der Waals surface area contributed by atoms with E-state index in [1.165, 1.54) is 12.8 Å². The molecule has 2 aliphatic rings. The molecule has 2 fully saturated rings. The van der Waals surface area contributed by atoms with E-state index in [0.29, 0.717) is 32.0 Å². The third-order valence-electron chi connectivity index (χ3n) is 4.46. The molecule has 0 spiro atoms. The first kappa shape index (κ1) is 14.3. The van der Waals surface area contributed by atoms with Crippen LogP contribution in [0.2, 0.25) is 0 Å². The van der Waals surface area contributed by atoms with Crippen LogP contribution < -0.4 is 5.32 Å². The third-order valence-corrected chi connectivity index (χ3v) is 4.46. The van der Waals surface area contributed by atoms with Crippen LogP contribution in [0.1, 0.15) is 45.4 Å². The standard InChI is InChI=1S/C14H24N2O3/c1-14(13(18)19)7-9-16(10-14)12(17)6-5-11-4-2-3-8-15-11/h11,15H,2-10H2,1H3,(H,18,19). The largest absolute Gasteiger partial charge is 0.481 e. The zero-order valence-corrected chi connectivity index (χ0v) is 11.7. The van der Waals surface area contributed by atoms with Crippen LogP contribution in [-0.4, -0.2) is 47.6 Å². The summed E-state index contributed by atoms with van der Waals surface area (Å²) in [5.41, 5.74) is -0.751. The molecule has 2 saturated heterocycles. The summed E-state index contributed by atoms with van der Waals surface area (Å²) < 4.78 is 0. The Balaban J connectivity index is 1.76. The second-order valence-electron chi connectivity index (χ2n) is 6.12. The summed E-state index contributed by atoms with van der Waals surface area (Å²) in [5.74, 6) is -0.686. The lowest BCUT2D eigenvalue weighted by molar-refractivity contribution is -0.147. The molecule has 0 aromatic carbocycles. The molecule has 2 aliphatic heterocycles. The molecular weight excluding hydrogens is 244 g/mol. The lowest BCUT2D eigenvalue weighted by Crippen LogP contribution is -2.37. The van der Waals surface area contributed by atoms with Gasteiger partial charge in [-0.2, -0.15) is 0 Å². The van der Waals surface area contributed by atoms with Crippen molar-refractivity contribution >= 4 is 11.9 Å². The van der Waals surface area contributed by atoms with E-state index in [1.807, 2.05) is 0 Å². The molecule has 5 nitrogen and oxygen atoms in total. The molecule has 2 N–H and O–H groups in total. The molecule has 0 aliphatic carbocycles. The van der Waals surface area contributed by atoms with Gasteiger partial charge in [0.2, 0.25) is 5.91 Å². The molecule has 2 rings (SSSR count). The number of carboxylic acid groups (broad SMARTS) is 1. The summed E-state index contributed by atoms with van der Waals surface area (Å²) in [6.45, 7) is 3.73. The van der Waals surface area contributed by atoms with Gasteiger partial charge < -0.3 is 15.3 Å². The highest BCUT2D eigenvalue weighted by molar-refractivity contribution is 5.80. The lowest BCUT2D eigenvalue weighted by atomic mass is 9.90. The van der Waals surface area contributed by atoms with E-state index in [2.05, 4.69) is 5.32 Å². The van der Waals surface area contributed by atoms with Gasteiger partial charge >= 0.3 is 5.97 Å². The molecule has 0 radical (unpaired) electrons. The number of piperidine rings is 1. The Labute approximate surface area is 114 Å². The van der Waals surface area contributed by atoms with Gasteiger partial charge in [-0.15, -0.1) is 0 Å². The van der Waals surface area contributed by atoms with Crippen LogP contribution in [0.3, 0.4) is 0 Å². The van der Waals surface area contributed by atoms with Gasteiger partial charge in [0.05, 0.1) is 5.41 Å². The van der Waals surface area contributed by atoms with Gasteiger partial charge in [0.1, 0.15) is 0 Å². The van der Waals surface area contributed by atoms with Gasteiger partial charge in [0.25, 0.3) is 0 Å². The fraction of sp³-hybridized carbons (Fsp3) is 0.857. The summed E-state index contributed by atoms with van der Waals surface area (Å²) in [6, 6.07) is 0.464. The summed E-state index contributed by atoms with van der Waals surface area (Å²) >= 11 is 0. The van der Waals surface area contributed by atoms with E-state index in [1.54, 1.807) is 11.8 Å². The number of carbonyl (C=O) groups excluding carboxylic acids is 1. The predicted molar refractivity (Wildman–Crippen MR) is 71.8 cm³/mol. The van der Waals surface area contributed by atoms with Gasteiger partial charge in [-0.1, -0.05) is 6.42 Å². The number of likely N-dealkylation sites (tertiary alicyclic amines) is 1. The van der Waals surface area contributed by atoms with Crippen molar-refractivity contribution in [3.8, 4) is 0 Å². The molecule has 2 atom stereocenters. The molecular formula is C14H24N2O3. The monoisotopic (exact) mass is 268 g/mol. The van der Waals surface area contributed by atoms with Crippen molar-refractivity contribution in [3.63, 3.8) is 0 Å². The highest BCUT2D eigenvalue weighted by Crippen LogP contribution is 2.30. The average Bonchev–Trinajstić information content (AvgIpc) is 2.81. The van der Waals surface area contributed by atoms with Gasteiger partial charge in [-0.3, -0.25) is 9.59 Å². The number of carboxylic acids is 1. The zero-order valence-electron chi connectivity index (χ0n) is 11.7. The van der Waals surface area contributed by atoms with E-state index in [-0.39, 0.29) is 5.91 Å². The third kappa shape index (κ3) is 3.47. The summed E-state index contributed by atoms with van der Waals surface area (Å²) in [5, 5.41) is 12.6. The summed E-state index contributed by atoms with van der Waals surface area (Å²) in [6.07, 6.45) is 5.60. The molecule has 5 heteroatoms. The fourth-order valence-electron chi connectivity index (χ4n) is 2.97. The topological polar surface area (TPSA) is 69.6 Å². The Bertz CT molecular complexity index is 353. The van der Waals surface area contributed by atoms with Gasteiger partial charge in [0.15, 0.2) is 0 Å². The number of nitrogens with one attached hydrogen (secondary N) is 1. The maximum Gasteiger partial charge on any atom is 0.311 e. The minimum atomic E-state index is -0.795. The number of rotatable bonds is 4. The molecule has 1 amide bonds.